The van der Waals surface area contributed by atoms with Crippen molar-refractivity contribution in [3.05, 3.63) is 36.4 Å². The first-order valence-electron chi connectivity index (χ1n) is 11.7. The molecule has 0 saturated heterocycles. The van der Waals surface area contributed by atoms with Crippen LogP contribution in [0.25, 0.3) is 11.0 Å². The molecule has 2 aliphatic rings. The molecule has 0 radical (unpaired) electrons. The van der Waals surface area contributed by atoms with Crippen molar-refractivity contribution in [3.63, 3.8) is 0 Å². The fourth-order valence-electron chi connectivity index (χ4n) is 3.59. The third kappa shape index (κ3) is 6.28. The summed E-state index contributed by atoms with van der Waals surface area (Å²) >= 11 is 0. The van der Waals surface area contributed by atoms with Gasteiger partial charge in [-0.3, -0.25) is 0 Å². The minimum Gasteiger partial charge on any atom is -0.492 e. The van der Waals surface area contributed by atoms with Crippen LogP contribution in [-0.4, -0.2) is 78.8 Å². The first kappa shape index (κ1) is 22.7. The Kier molecular flexibility index (Phi) is 7.28. The standard InChI is InChI=1S/C24H30N4O6/c29-17(11-25-7-8-31-18-3-5-21-22(9-18)27-28-26-21)13-32-19-4-6-23-24(10-19)33-15-20(34-23)14-30-12-16-1-2-16/h3-6,9-10,16-17,20,25,29H,1-2,7-8,11-15H2,(H,26,27,28)/t17-,20+/m0/s1. The van der Waals surface area contributed by atoms with Gasteiger partial charge in [0.2, 0.25) is 0 Å². The minimum atomic E-state index is -0.660. The van der Waals surface area contributed by atoms with Crippen LogP contribution in [0, 0.1) is 5.92 Å². The molecule has 1 aliphatic carbocycles. The van der Waals surface area contributed by atoms with Crippen LogP contribution in [-0.2, 0) is 4.74 Å². The molecule has 2 heterocycles. The maximum absolute atomic E-state index is 10.2. The molecule has 1 fully saturated rings. The molecule has 0 bridgehead atoms. The van der Waals surface area contributed by atoms with Crippen LogP contribution in [0.4, 0.5) is 0 Å². The maximum Gasteiger partial charge on any atom is 0.165 e. The lowest BCUT2D eigenvalue weighted by atomic mass is 10.2. The van der Waals surface area contributed by atoms with Crippen molar-refractivity contribution in [3.8, 4) is 23.0 Å². The summed E-state index contributed by atoms with van der Waals surface area (Å²) in [6.45, 7) is 3.39. The zero-order valence-corrected chi connectivity index (χ0v) is 18.9. The molecule has 3 N–H and O–H groups in total. The number of H-pyrrole nitrogens is 1. The van der Waals surface area contributed by atoms with Crippen molar-refractivity contribution in [2.24, 2.45) is 5.92 Å². The van der Waals surface area contributed by atoms with E-state index in [0.29, 0.717) is 50.2 Å². The van der Waals surface area contributed by atoms with E-state index in [1.54, 1.807) is 6.07 Å². The van der Waals surface area contributed by atoms with Crippen molar-refractivity contribution in [2.45, 2.75) is 25.0 Å². The fourth-order valence-corrected chi connectivity index (χ4v) is 3.59. The van der Waals surface area contributed by atoms with E-state index in [4.69, 9.17) is 23.7 Å². The highest BCUT2D eigenvalue weighted by atomic mass is 16.6. The number of aliphatic hydroxyl groups is 1. The van der Waals surface area contributed by atoms with Crippen molar-refractivity contribution < 1.29 is 28.8 Å². The van der Waals surface area contributed by atoms with E-state index in [-0.39, 0.29) is 12.7 Å². The second-order valence-electron chi connectivity index (χ2n) is 8.63. The molecule has 34 heavy (non-hydrogen) atoms. The van der Waals surface area contributed by atoms with Crippen molar-refractivity contribution in [1.82, 2.24) is 20.7 Å². The van der Waals surface area contributed by atoms with Crippen LogP contribution in [0.1, 0.15) is 12.8 Å². The Hall–Kier alpha value is -3.08. The monoisotopic (exact) mass is 470 g/mol. The topological polar surface area (TPSA) is 120 Å². The third-order valence-corrected chi connectivity index (χ3v) is 5.65. The van der Waals surface area contributed by atoms with E-state index in [0.717, 1.165) is 29.3 Å². The second-order valence-corrected chi connectivity index (χ2v) is 8.63. The number of nitrogens with zero attached hydrogens (tertiary/aromatic N) is 2. The van der Waals surface area contributed by atoms with Gasteiger partial charge >= 0.3 is 0 Å². The molecule has 1 aliphatic heterocycles. The van der Waals surface area contributed by atoms with E-state index in [2.05, 4.69) is 20.7 Å². The van der Waals surface area contributed by atoms with Crippen LogP contribution >= 0.6 is 0 Å². The molecule has 3 aromatic rings. The molecule has 0 spiro atoms. The van der Waals surface area contributed by atoms with Crippen LogP contribution in [0.15, 0.2) is 36.4 Å². The number of aromatic nitrogens is 3. The molecule has 5 rings (SSSR count). The molecule has 2 atom stereocenters. The van der Waals surface area contributed by atoms with Gasteiger partial charge in [-0.1, -0.05) is 0 Å². The summed E-state index contributed by atoms with van der Waals surface area (Å²) in [5.41, 5.74) is 1.56. The number of aliphatic hydroxyl groups excluding tert-OH is 1. The van der Waals surface area contributed by atoms with Gasteiger partial charge in [-0.05, 0) is 43.0 Å². The van der Waals surface area contributed by atoms with Gasteiger partial charge in [-0.15, -0.1) is 0 Å². The molecule has 182 valence electrons. The van der Waals surface area contributed by atoms with Gasteiger partial charge < -0.3 is 34.1 Å². The first-order chi connectivity index (χ1) is 16.7. The number of nitrogens with one attached hydrogen (secondary N) is 2. The fraction of sp³-hybridized carbons (Fsp3) is 0.500. The summed E-state index contributed by atoms with van der Waals surface area (Å²) in [6.07, 6.45) is 1.79. The van der Waals surface area contributed by atoms with Gasteiger partial charge in [0.15, 0.2) is 17.6 Å². The van der Waals surface area contributed by atoms with E-state index in [1.165, 1.54) is 12.8 Å². The summed E-state index contributed by atoms with van der Waals surface area (Å²) in [5.74, 6) is 3.41. The Bertz CT molecular complexity index is 1070. The number of benzene rings is 2. The van der Waals surface area contributed by atoms with Crippen molar-refractivity contribution in [2.75, 3.05) is 46.1 Å². The molecule has 0 unspecified atom stereocenters. The van der Waals surface area contributed by atoms with E-state index in [1.807, 2.05) is 30.3 Å². The predicted molar refractivity (Wildman–Crippen MR) is 124 cm³/mol. The number of hydrogen-bond acceptors (Lipinski definition) is 9. The molecular formula is C24H30N4O6. The van der Waals surface area contributed by atoms with Crippen LogP contribution in [0.5, 0.6) is 23.0 Å². The van der Waals surface area contributed by atoms with Gasteiger partial charge in [0.25, 0.3) is 0 Å². The van der Waals surface area contributed by atoms with E-state index < -0.39 is 6.10 Å². The number of fused-ring (bicyclic) bond motifs is 2. The molecule has 1 aromatic heterocycles. The molecular weight excluding hydrogens is 440 g/mol. The summed E-state index contributed by atoms with van der Waals surface area (Å²) in [7, 11) is 0. The van der Waals surface area contributed by atoms with Gasteiger partial charge in [-0.2, -0.15) is 15.4 Å². The normalized spacial score (nSPS) is 18.1. The Morgan fingerprint density at radius 2 is 1.88 bits per heavy atom. The lowest BCUT2D eigenvalue weighted by Gasteiger charge is -2.26. The number of rotatable bonds is 13. The average Bonchev–Trinajstić information content (AvgIpc) is 3.56. The SMILES string of the molecule is O[C@@H](CNCCOc1ccc2n[nH]nc2c1)COc1ccc2c(c1)OC[C@@H](COCC1CC1)O2. The minimum absolute atomic E-state index is 0.0971. The van der Waals surface area contributed by atoms with E-state index in [9.17, 15) is 5.11 Å². The van der Waals surface area contributed by atoms with Crippen LogP contribution in [0.3, 0.4) is 0 Å². The summed E-state index contributed by atoms with van der Waals surface area (Å²) in [6, 6.07) is 11.0. The smallest absolute Gasteiger partial charge is 0.165 e. The van der Waals surface area contributed by atoms with Gasteiger partial charge in [-0.25, -0.2) is 0 Å². The lowest BCUT2D eigenvalue weighted by Crippen LogP contribution is -2.34. The number of hydrogen-bond donors (Lipinski definition) is 3. The highest BCUT2D eigenvalue weighted by Gasteiger charge is 2.25. The molecule has 10 heteroatoms. The molecule has 2 aromatic carbocycles. The largest absolute Gasteiger partial charge is 0.492 e. The van der Waals surface area contributed by atoms with Crippen molar-refractivity contribution >= 4 is 11.0 Å². The summed E-state index contributed by atoms with van der Waals surface area (Å²) in [4.78, 5) is 0. The Morgan fingerprint density at radius 3 is 2.79 bits per heavy atom. The van der Waals surface area contributed by atoms with Gasteiger partial charge in [0.05, 0.1) is 6.61 Å². The van der Waals surface area contributed by atoms with E-state index >= 15 is 0 Å². The Morgan fingerprint density at radius 1 is 1.03 bits per heavy atom. The highest BCUT2D eigenvalue weighted by Crippen LogP contribution is 2.35. The summed E-state index contributed by atoms with van der Waals surface area (Å²) < 4.78 is 28.9. The summed E-state index contributed by atoms with van der Waals surface area (Å²) in [5, 5.41) is 24.0. The quantitative estimate of drug-likeness (QED) is 0.322. The average molecular weight is 471 g/mol. The van der Waals surface area contributed by atoms with Gasteiger partial charge in [0, 0.05) is 31.8 Å². The maximum atomic E-state index is 10.2. The van der Waals surface area contributed by atoms with Crippen molar-refractivity contribution in [1.29, 1.82) is 0 Å². The molecule has 1 saturated carbocycles. The zero-order chi connectivity index (χ0) is 23.2. The lowest BCUT2D eigenvalue weighted by molar-refractivity contribution is 0.00551. The van der Waals surface area contributed by atoms with Crippen LogP contribution < -0.4 is 24.3 Å². The third-order valence-electron chi connectivity index (χ3n) is 5.65. The zero-order valence-electron chi connectivity index (χ0n) is 18.9. The number of ether oxygens (including phenoxy) is 5. The Labute approximate surface area is 197 Å². The Balaban J connectivity index is 0.970. The van der Waals surface area contributed by atoms with Gasteiger partial charge in [0.1, 0.15) is 48.5 Å². The predicted octanol–water partition coefficient (Wildman–Crippen LogP) is 1.93. The second kappa shape index (κ2) is 10.9. The first-order valence-corrected chi connectivity index (χ1v) is 11.7. The molecule has 0 amide bonds. The highest BCUT2D eigenvalue weighted by molar-refractivity contribution is 5.75. The molecule has 10 nitrogen and oxygen atoms in total. The van der Waals surface area contributed by atoms with Crippen LogP contribution in [0.2, 0.25) is 0 Å². The number of aromatic amines is 1.